The molecule has 3 rings (SSSR count). The van der Waals surface area contributed by atoms with Gasteiger partial charge in [-0.2, -0.15) is 0 Å². The van der Waals surface area contributed by atoms with E-state index in [4.69, 9.17) is 17.3 Å². The molecule has 0 spiro atoms. The molecule has 1 heterocycles. The molecular weight excluding hydrogens is 422 g/mol. The SMILES string of the molecule is NC(c1ccc2cc(Br)ccc2c1)c1cc(Br)c(Cl)s1. The van der Waals surface area contributed by atoms with Gasteiger partial charge < -0.3 is 5.73 Å². The van der Waals surface area contributed by atoms with Crippen LogP contribution in [0.25, 0.3) is 10.8 Å². The first-order chi connectivity index (χ1) is 9.54. The Morgan fingerprint density at radius 3 is 2.40 bits per heavy atom. The van der Waals surface area contributed by atoms with Crippen molar-refractivity contribution in [3.8, 4) is 0 Å². The molecule has 0 amide bonds. The van der Waals surface area contributed by atoms with E-state index in [9.17, 15) is 0 Å². The van der Waals surface area contributed by atoms with Gasteiger partial charge in [-0.05, 0) is 56.5 Å². The number of nitrogens with two attached hydrogens (primary N) is 1. The molecule has 0 bridgehead atoms. The largest absolute Gasteiger partial charge is 0.320 e. The number of halogens is 3. The molecule has 0 saturated heterocycles. The lowest BCUT2D eigenvalue weighted by atomic mass is 10.0. The molecule has 0 radical (unpaired) electrons. The van der Waals surface area contributed by atoms with E-state index in [0.29, 0.717) is 0 Å². The lowest BCUT2D eigenvalue weighted by Gasteiger charge is -2.11. The van der Waals surface area contributed by atoms with Gasteiger partial charge in [-0.3, -0.25) is 0 Å². The molecule has 5 heteroatoms. The molecule has 1 aromatic heterocycles. The third-order valence-corrected chi connectivity index (χ3v) is 6.21. The highest BCUT2D eigenvalue weighted by Crippen LogP contribution is 2.37. The maximum Gasteiger partial charge on any atom is 0.107 e. The number of rotatable bonds is 2. The number of hydrogen-bond donors (Lipinski definition) is 1. The van der Waals surface area contributed by atoms with Crippen molar-refractivity contribution >= 4 is 65.6 Å². The molecule has 1 atom stereocenters. The highest BCUT2D eigenvalue weighted by atomic mass is 79.9. The predicted octanol–water partition coefficient (Wildman–Crippen LogP) is 6.13. The van der Waals surface area contributed by atoms with Crippen LogP contribution in [0.3, 0.4) is 0 Å². The number of fused-ring (bicyclic) bond motifs is 1. The first kappa shape index (κ1) is 14.5. The second kappa shape index (κ2) is 5.78. The second-order valence-electron chi connectivity index (χ2n) is 4.50. The molecule has 0 fully saturated rings. The lowest BCUT2D eigenvalue weighted by molar-refractivity contribution is 0.895. The molecule has 1 unspecified atom stereocenters. The van der Waals surface area contributed by atoms with Crippen molar-refractivity contribution < 1.29 is 0 Å². The molecule has 0 aliphatic rings. The molecule has 2 N–H and O–H groups in total. The van der Waals surface area contributed by atoms with E-state index in [0.717, 1.165) is 23.7 Å². The summed E-state index contributed by atoms with van der Waals surface area (Å²) in [7, 11) is 0. The molecule has 20 heavy (non-hydrogen) atoms. The van der Waals surface area contributed by atoms with Gasteiger partial charge >= 0.3 is 0 Å². The Morgan fingerprint density at radius 1 is 1.00 bits per heavy atom. The van der Waals surface area contributed by atoms with Crippen molar-refractivity contribution in [3.05, 3.63) is 66.2 Å². The van der Waals surface area contributed by atoms with Gasteiger partial charge in [0.25, 0.3) is 0 Å². The van der Waals surface area contributed by atoms with Crippen LogP contribution in [0.15, 0.2) is 51.4 Å². The fourth-order valence-corrected chi connectivity index (χ4v) is 4.25. The Labute approximate surface area is 143 Å². The standard InChI is InChI=1S/C15H10Br2ClNS/c16-11-4-3-8-5-10(2-1-9(8)6-11)14(19)13-7-12(17)15(18)20-13/h1-7,14H,19H2. The fourth-order valence-electron chi connectivity index (χ4n) is 2.11. The van der Waals surface area contributed by atoms with Crippen molar-refractivity contribution in [2.45, 2.75) is 6.04 Å². The zero-order chi connectivity index (χ0) is 14.3. The average molecular weight is 432 g/mol. The van der Waals surface area contributed by atoms with Crippen molar-refractivity contribution in [2.75, 3.05) is 0 Å². The van der Waals surface area contributed by atoms with Crippen molar-refractivity contribution in [3.63, 3.8) is 0 Å². The normalized spacial score (nSPS) is 12.8. The summed E-state index contributed by atoms with van der Waals surface area (Å²) in [6.07, 6.45) is 0. The predicted molar refractivity (Wildman–Crippen MR) is 94.7 cm³/mol. The Morgan fingerprint density at radius 2 is 1.70 bits per heavy atom. The number of thiophene rings is 1. The monoisotopic (exact) mass is 429 g/mol. The summed E-state index contributed by atoms with van der Waals surface area (Å²) in [5, 5.41) is 2.38. The van der Waals surface area contributed by atoms with Gasteiger partial charge in [-0.25, -0.2) is 0 Å². The van der Waals surface area contributed by atoms with E-state index in [-0.39, 0.29) is 6.04 Å². The van der Waals surface area contributed by atoms with E-state index in [1.54, 1.807) is 0 Å². The summed E-state index contributed by atoms with van der Waals surface area (Å²) in [5.74, 6) is 0. The quantitative estimate of drug-likeness (QED) is 0.519. The molecule has 2 aromatic carbocycles. The van der Waals surface area contributed by atoms with Crippen LogP contribution in [-0.4, -0.2) is 0 Å². The van der Waals surface area contributed by atoms with Crippen molar-refractivity contribution in [1.82, 2.24) is 0 Å². The Bertz CT molecular complexity index is 765. The van der Waals surface area contributed by atoms with Crippen molar-refractivity contribution in [1.29, 1.82) is 0 Å². The molecule has 102 valence electrons. The summed E-state index contributed by atoms with van der Waals surface area (Å²) >= 11 is 14.5. The first-order valence-electron chi connectivity index (χ1n) is 5.94. The maximum absolute atomic E-state index is 6.34. The molecular formula is C15H10Br2ClNS. The topological polar surface area (TPSA) is 26.0 Å². The summed E-state index contributed by atoms with van der Waals surface area (Å²) in [6.45, 7) is 0. The van der Waals surface area contributed by atoms with E-state index in [1.807, 2.05) is 12.1 Å². The van der Waals surface area contributed by atoms with Gasteiger partial charge in [0, 0.05) is 13.8 Å². The first-order valence-corrected chi connectivity index (χ1v) is 8.72. The van der Waals surface area contributed by atoms with Crippen molar-refractivity contribution in [2.24, 2.45) is 5.73 Å². The van der Waals surface area contributed by atoms with Gasteiger partial charge in [-0.1, -0.05) is 45.7 Å². The van der Waals surface area contributed by atoms with E-state index >= 15 is 0 Å². The molecule has 1 nitrogen and oxygen atoms in total. The number of benzene rings is 2. The lowest BCUT2D eigenvalue weighted by Crippen LogP contribution is -2.09. The van der Waals surface area contributed by atoms with E-state index in [1.165, 1.54) is 22.1 Å². The summed E-state index contributed by atoms with van der Waals surface area (Å²) in [6, 6.07) is 14.4. The Balaban J connectivity index is 2.03. The summed E-state index contributed by atoms with van der Waals surface area (Å²) < 4.78 is 2.72. The van der Waals surface area contributed by atoms with Gasteiger partial charge in [-0.15, -0.1) is 11.3 Å². The third kappa shape index (κ3) is 2.81. The van der Waals surface area contributed by atoms with Crippen LogP contribution in [0.2, 0.25) is 4.34 Å². The van der Waals surface area contributed by atoms with Crippen LogP contribution in [0.1, 0.15) is 16.5 Å². The van der Waals surface area contributed by atoms with Crippen LogP contribution < -0.4 is 5.73 Å². The van der Waals surface area contributed by atoms with E-state index in [2.05, 4.69) is 62.2 Å². The summed E-state index contributed by atoms with van der Waals surface area (Å²) in [5.41, 5.74) is 7.43. The zero-order valence-corrected chi connectivity index (χ0v) is 15.0. The van der Waals surface area contributed by atoms with Gasteiger partial charge in [0.15, 0.2) is 0 Å². The van der Waals surface area contributed by atoms with Crippen LogP contribution in [0, 0.1) is 0 Å². The Hall–Kier alpha value is -0.390. The minimum absolute atomic E-state index is 0.156. The van der Waals surface area contributed by atoms with Gasteiger partial charge in [0.1, 0.15) is 4.34 Å². The highest BCUT2D eigenvalue weighted by molar-refractivity contribution is 9.10. The van der Waals surface area contributed by atoms with Crippen LogP contribution in [0.5, 0.6) is 0 Å². The minimum atomic E-state index is -0.156. The Kier molecular flexibility index (Phi) is 4.20. The van der Waals surface area contributed by atoms with E-state index < -0.39 is 0 Å². The van der Waals surface area contributed by atoms with Gasteiger partial charge in [0.2, 0.25) is 0 Å². The highest BCUT2D eigenvalue weighted by Gasteiger charge is 2.14. The average Bonchev–Trinajstić information content (AvgIpc) is 2.77. The van der Waals surface area contributed by atoms with Crippen LogP contribution in [0.4, 0.5) is 0 Å². The zero-order valence-electron chi connectivity index (χ0n) is 10.2. The molecule has 0 aliphatic carbocycles. The molecule has 0 saturated carbocycles. The van der Waals surface area contributed by atoms with Crippen LogP contribution in [-0.2, 0) is 0 Å². The number of hydrogen-bond acceptors (Lipinski definition) is 2. The summed E-state index contributed by atoms with van der Waals surface area (Å²) in [4.78, 5) is 1.05. The van der Waals surface area contributed by atoms with Crippen LogP contribution >= 0.6 is 54.8 Å². The third-order valence-electron chi connectivity index (χ3n) is 3.16. The van der Waals surface area contributed by atoms with Gasteiger partial charge in [0.05, 0.1) is 6.04 Å². The smallest absolute Gasteiger partial charge is 0.107 e. The maximum atomic E-state index is 6.34. The molecule has 0 aliphatic heterocycles. The molecule has 3 aromatic rings. The fraction of sp³-hybridized carbons (Fsp3) is 0.0667. The second-order valence-corrected chi connectivity index (χ2v) is 7.95. The minimum Gasteiger partial charge on any atom is -0.320 e.